The van der Waals surface area contributed by atoms with Crippen LogP contribution in [0.5, 0.6) is 0 Å². The van der Waals surface area contributed by atoms with Crippen molar-refractivity contribution in [3.05, 3.63) is 24.3 Å². The molecule has 1 N–H and O–H groups in total. The number of hydrogen-bond donors (Lipinski definition) is 1. The molecule has 1 aromatic rings. The zero-order chi connectivity index (χ0) is 12.3. The average molecular weight is 243 g/mol. The minimum absolute atomic E-state index is 0.293. The Balaban J connectivity index is 2.96. The van der Waals surface area contributed by atoms with Crippen LogP contribution in [-0.4, -0.2) is 45.9 Å². The van der Waals surface area contributed by atoms with E-state index in [0.717, 1.165) is 5.69 Å². The van der Waals surface area contributed by atoms with Crippen molar-refractivity contribution in [2.75, 3.05) is 33.6 Å². The molecule has 6 heteroatoms. The van der Waals surface area contributed by atoms with Crippen LogP contribution in [0.25, 0.3) is 0 Å². The molecule has 0 saturated heterocycles. The summed E-state index contributed by atoms with van der Waals surface area (Å²) in [6.07, 6.45) is 0. The monoisotopic (exact) mass is 243 g/mol. The van der Waals surface area contributed by atoms with Gasteiger partial charge in [0.25, 0.3) is 0 Å². The first-order valence-corrected chi connectivity index (χ1v) is 6.24. The third-order valence-electron chi connectivity index (χ3n) is 1.99. The number of nitrogens with zero attached hydrogens (tertiary/aromatic N) is 2. The maximum Gasteiger partial charge on any atom is 0.242 e. The van der Waals surface area contributed by atoms with Crippen LogP contribution < -0.4 is 5.43 Å². The molecule has 1 rings (SSSR count). The van der Waals surface area contributed by atoms with Crippen molar-refractivity contribution >= 4 is 15.7 Å². The quantitative estimate of drug-likeness (QED) is 0.796. The van der Waals surface area contributed by atoms with Gasteiger partial charge < -0.3 is 5.43 Å². The van der Waals surface area contributed by atoms with E-state index in [2.05, 4.69) is 5.43 Å². The van der Waals surface area contributed by atoms with Crippen molar-refractivity contribution in [2.45, 2.75) is 4.90 Å². The Morgan fingerprint density at radius 1 is 1.00 bits per heavy atom. The zero-order valence-corrected chi connectivity index (χ0v) is 10.7. The van der Waals surface area contributed by atoms with Gasteiger partial charge in [0.2, 0.25) is 10.0 Å². The van der Waals surface area contributed by atoms with Gasteiger partial charge in [0.15, 0.2) is 0 Å². The third-order valence-corrected chi connectivity index (χ3v) is 3.81. The highest BCUT2D eigenvalue weighted by atomic mass is 32.2. The van der Waals surface area contributed by atoms with Crippen molar-refractivity contribution in [1.29, 1.82) is 0 Å². The van der Waals surface area contributed by atoms with E-state index in [0.29, 0.717) is 4.90 Å². The van der Waals surface area contributed by atoms with Gasteiger partial charge in [-0.2, -0.15) is 0 Å². The van der Waals surface area contributed by atoms with Gasteiger partial charge in [0.05, 0.1) is 4.90 Å². The fourth-order valence-electron chi connectivity index (χ4n) is 1.17. The molecule has 5 nitrogen and oxygen atoms in total. The van der Waals surface area contributed by atoms with Gasteiger partial charge in [0, 0.05) is 33.9 Å². The van der Waals surface area contributed by atoms with Crippen molar-refractivity contribution in [2.24, 2.45) is 0 Å². The van der Waals surface area contributed by atoms with Gasteiger partial charge in [0.1, 0.15) is 0 Å². The summed E-state index contributed by atoms with van der Waals surface area (Å²) in [5.41, 5.74) is 3.89. The molecule has 0 atom stereocenters. The first-order valence-electron chi connectivity index (χ1n) is 4.80. The molecule has 0 aliphatic carbocycles. The Labute approximate surface area is 96.7 Å². The molecule has 0 heterocycles. The molecule has 90 valence electrons. The van der Waals surface area contributed by atoms with Crippen LogP contribution in [0.4, 0.5) is 5.69 Å². The fraction of sp³-hybridized carbons (Fsp3) is 0.400. The van der Waals surface area contributed by atoms with Crippen molar-refractivity contribution in [3.8, 4) is 0 Å². The molecule has 0 bridgehead atoms. The summed E-state index contributed by atoms with van der Waals surface area (Å²) >= 11 is 0. The van der Waals surface area contributed by atoms with Gasteiger partial charge in [-0.1, -0.05) is 0 Å². The second-order valence-electron chi connectivity index (χ2n) is 3.82. The summed E-state index contributed by atoms with van der Waals surface area (Å²) < 4.78 is 24.7. The smallest absolute Gasteiger partial charge is 0.242 e. The lowest BCUT2D eigenvalue weighted by Crippen LogP contribution is -2.22. The maximum atomic E-state index is 11.8. The molecule has 0 spiro atoms. The van der Waals surface area contributed by atoms with Crippen molar-refractivity contribution in [3.63, 3.8) is 0 Å². The van der Waals surface area contributed by atoms with Crippen LogP contribution in [0, 0.1) is 0 Å². The Morgan fingerprint density at radius 2 is 1.50 bits per heavy atom. The normalized spacial score (nSPS) is 12.1. The zero-order valence-electron chi connectivity index (χ0n) is 9.93. The van der Waals surface area contributed by atoms with E-state index < -0.39 is 10.0 Å². The first-order chi connectivity index (χ1) is 7.34. The van der Waals surface area contributed by atoms with E-state index in [9.17, 15) is 8.42 Å². The summed E-state index contributed by atoms with van der Waals surface area (Å²) in [4.78, 5) is 0.293. The van der Waals surface area contributed by atoms with Gasteiger partial charge in [-0.25, -0.2) is 17.7 Å². The summed E-state index contributed by atoms with van der Waals surface area (Å²) in [6.45, 7) is 0. The van der Waals surface area contributed by atoms with Crippen LogP contribution in [0.3, 0.4) is 0 Å². The Bertz CT molecular complexity index is 438. The number of hydrogen-bond acceptors (Lipinski definition) is 4. The third kappa shape index (κ3) is 2.94. The van der Waals surface area contributed by atoms with Crippen LogP contribution in [-0.2, 0) is 10.0 Å². The average Bonchev–Trinajstić information content (AvgIpc) is 2.17. The minimum atomic E-state index is -3.33. The van der Waals surface area contributed by atoms with Gasteiger partial charge in [-0.05, 0) is 24.3 Å². The minimum Gasteiger partial charge on any atom is -0.319 e. The highest BCUT2D eigenvalue weighted by molar-refractivity contribution is 7.89. The van der Waals surface area contributed by atoms with E-state index in [1.165, 1.54) is 18.4 Å². The summed E-state index contributed by atoms with van der Waals surface area (Å²) in [5.74, 6) is 0. The molecule has 0 aliphatic heterocycles. The molecular formula is C10H17N3O2S. The lowest BCUT2D eigenvalue weighted by molar-refractivity contribution is 0.495. The maximum absolute atomic E-state index is 11.8. The number of rotatable bonds is 4. The lowest BCUT2D eigenvalue weighted by atomic mass is 10.3. The molecule has 0 fully saturated rings. The van der Waals surface area contributed by atoms with E-state index in [-0.39, 0.29) is 0 Å². The second-order valence-corrected chi connectivity index (χ2v) is 5.97. The van der Waals surface area contributed by atoms with E-state index in [4.69, 9.17) is 0 Å². The van der Waals surface area contributed by atoms with Crippen molar-refractivity contribution in [1.82, 2.24) is 9.31 Å². The molecule has 0 unspecified atom stereocenters. The lowest BCUT2D eigenvalue weighted by Gasteiger charge is -2.15. The topological polar surface area (TPSA) is 52.7 Å². The second kappa shape index (κ2) is 4.82. The van der Waals surface area contributed by atoms with Crippen molar-refractivity contribution < 1.29 is 8.42 Å². The molecule has 16 heavy (non-hydrogen) atoms. The standard InChI is InChI=1S/C10H17N3O2S/c1-12(2)11-9-5-7-10(8-6-9)16(14,15)13(3)4/h5-8,11H,1-4H3. The predicted molar refractivity (Wildman–Crippen MR) is 64.6 cm³/mol. The van der Waals surface area contributed by atoms with Gasteiger partial charge in [-0.15, -0.1) is 0 Å². The Kier molecular flexibility index (Phi) is 3.90. The molecular weight excluding hydrogens is 226 g/mol. The summed E-state index contributed by atoms with van der Waals surface area (Å²) in [5, 5.41) is 1.79. The number of anilines is 1. The van der Waals surface area contributed by atoms with Crippen LogP contribution >= 0.6 is 0 Å². The number of nitrogens with one attached hydrogen (secondary N) is 1. The molecule has 0 saturated carbocycles. The van der Waals surface area contributed by atoms with Crippen LogP contribution in [0.2, 0.25) is 0 Å². The molecule has 1 aromatic carbocycles. The Hall–Kier alpha value is -1.11. The number of hydrazine groups is 1. The highest BCUT2D eigenvalue weighted by Gasteiger charge is 2.16. The van der Waals surface area contributed by atoms with Crippen LogP contribution in [0.15, 0.2) is 29.2 Å². The fourth-order valence-corrected chi connectivity index (χ4v) is 2.07. The molecule has 0 radical (unpaired) electrons. The molecule has 0 aliphatic rings. The van der Waals surface area contributed by atoms with E-state index in [1.54, 1.807) is 29.3 Å². The number of sulfonamides is 1. The predicted octanol–water partition coefficient (Wildman–Crippen LogP) is 0.825. The van der Waals surface area contributed by atoms with Gasteiger partial charge >= 0.3 is 0 Å². The first kappa shape index (κ1) is 13.0. The highest BCUT2D eigenvalue weighted by Crippen LogP contribution is 2.16. The SMILES string of the molecule is CN(C)Nc1ccc(S(=O)(=O)N(C)C)cc1. The largest absolute Gasteiger partial charge is 0.319 e. The molecule has 0 amide bonds. The number of benzene rings is 1. The molecule has 0 aromatic heterocycles. The van der Waals surface area contributed by atoms with Crippen LogP contribution in [0.1, 0.15) is 0 Å². The summed E-state index contributed by atoms with van der Waals surface area (Å²) in [6, 6.07) is 6.63. The summed E-state index contributed by atoms with van der Waals surface area (Å²) in [7, 11) is 3.43. The van der Waals surface area contributed by atoms with E-state index in [1.807, 2.05) is 14.1 Å². The van der Waals surface area contributed by atoms with E-state index >= 15 is 0 Å². The Morgan fingerprint density at radius 3 is 1.88 bits per heavy atom. The van der Waals surface area contributed by atoms with Gasteiger partial charge in [-0.3, -0.25) is 0 Å².